The Balaban J connectivity index is 1.51. The third kappa shape index (κ3) is 3.20. The van der Waals surface area contributed by atoms with E-state index in [0.717, 1.165) is 29.6 Å². The Kier molecular flexibility index (Phi) is 3.77. The van der Waals surface area contributed by atoms with E-state index in [2.05, 4.69) is 11.4 Å². The van der Waals surface area contributed by atoms with Gasteiger partial charge in [0.1, 0.15) is 0 Å². The Morgan fingerprint density at radius 1 is 1.10 bits per heavy atom. The topological polar surface area (TPSA) is 30.5 Å². The molecule has 0 saturated heterocycles. The van der Waals surface area contributed by atoms with Gasteiger partial charge in [0.25, 0.3) is 0 Å². The standard InChI is InChI=1S/C17H25NO2/c1-17(2)19-15-9-8-14(12-16(15)20-17)18-11-10-13-6-4-3-5-7-13/h8-9,12-13,18H,3-7,10-11H2,1-2H3. The fourth-order valence-electron chi connectivity index (χ4n) is 3.23. The van der Waals surface area contributed by atoms with Crippen LogP contribution in [0.2, 0.25) is 0 Å². The number of nitrogens with one attached hydrogen (secondary N) is 1. The lowest BCUT2D eigenvalue weighted by Crippen LogP contribution is -2.29. The van der Waals surface area contributed by atoms with Gasteiger partial charge in [-0.15, -0.1) is 0 Å². The lowest BCUT2D eigenvalue weighted by atomic mass is 9.87. The maximum atomic E-state index is 5.77. The second kappa shape index (κ2) is 5.55. The van der Waals surface area contributed by atoms with Crippen molar-refractivity contribution in [2.75, 3.05) is 11.9 Å². The summed E-state index contributed by atoms with van der Waals surface area (Å²) in [5.74, 6) is 2.07. The van der Waals surface area contributed by atoms with Gasteiger partial charge in [0.2, 0.25) is 5.79 Å². The lowest BCUT2D eigenvalue weighted by Gasteiger charge is -2.21. The van der Waals surface area contributed by atoms with Crippen LogP contribution in [0.4, 0.5) is 5.69 Å². The van der Waals surface area contributed by atoms with E-state index in [9.17, 15) is 0 Å². The first kappa shape index (κ1) is 13.6. The van der Waals surface area contributed by atoms with Crippen molar-refractivity contribution in [3.63, 3.8) is 0 Å². The molecule has 110 valence electrons. The van der Waals surface area contributed by atoms with Crippen LogP contribution in [0.25, 0.3) is 0 Å². The van der Waals surface area contributed by atoms with Gasteiger partial charge >= 0.3 is 0 Å². The van der Waals surface area contributed by atoms with Gasteiger partial charge in [0.05, 0.1) is 0 Å². The Bertz CT molecular complexity index is 464. The molecule has 1 N–H and O–H groups in total. The Morgan fingerprint density at radius 2 is 1.85 bits per heavy atom. The third-order valence-electron chi connectivity index (χ3n) is 4.26. The lowest BCUT2D eigenvalue weighted by molar-refractivity contribution is -0.0431. The van der Waals surface area contributed by atoms with Crippen LogP contribution in [-0.2, 0) is 0 Å². The van der Waals surface area contributed by atoms with Crippen molar-refractivity contribution in [2.24, 2.45) is 5.92 Å². The molecule has 1 saturated carbocycles. The van der Waals surface area contributed by atoms with Gasteiger partial charge in [0, 0.05) is 32.1 Å². The molecule has 0 amide bonds. The first-order chi connectivity index (χ1) is 9.62. The van der Waals surface area contributed by atoms with Crippen molar-refractivity contribution in [1.29, 1.82) is 0 Å². The van der Waals surface area contributed by atoms with Crippen molar-refractivity contribution in [2.45, 2.75) is 58.2 Å². The van der Waals surface area contributed by atoms with Crippen LogP contribution in [0.1, 0.15) is 52.4 Å². The fourth-order valence-corrected chi connectivity index (χ4v) is 3.23. The molecule has 0 atom stereocenters. The average Bonchev–Trinajstić information content (AvgIpc) is 2.73. The zero-order valence-electron chi connectivity index (χ0n) is 12.6. The highest BCUT2D eigenvalue weighted by Crippen LogP contribution is 2.40. The molecule has 0 radical (unpaired) electrons. The van der Waals surface area contributed by atoms with E-state index in [4.69, 9.17) is 9.47 Å². The molecular formula is C17H25NO2. The molecular weight excluding hydrogens is 250 g/mol. The molecule has 2 aliphatic rings. The highest BCUT2D eigenvalue weighted by Gasteiger charge is 2.31. The van der Waals surface area contributed by atoms with E-state index in [0.29, 0.717) is 0 Å². The van der Waals surface area contributed by atoms with Crippen molar-refractivity contribution in [3.8, 4) is 11.5 Å². The van der Waals surface area contributed by atoms with Crippen LogP contribution >= 0.6 is 0 Å². The first-order valence-corrected chi connectivity index (χ1v) is 7.88. The summed E-state index contributed by atoms with van der Waals surface area (Å²) < 4.78 is 11.5. The second-order valence-corrected chi connectivity index (χ2v) is 6.48. The van der Waals surface area contributed by atoms with Crippen molar-refractivity contribution in [3.05, 3.63) is 18.2 Å². The van der Waals surface area contributed by atoms with Crippen molar-refractivity contribution < 1.29 is 9.47 Å². The van der Waals surface area contributed by atoms with Gasteiger partial charge in [-0.2, -0.15) is 0 Å². The summed E-state index contributed by atoms with van der Waals surface area (Å²) in [7, 11) is 0. The quantitative estimate of drug-likeness (QED) is 0.872. The fraction of sp³-hybridized carbons (Fsp3) is 0.647. The van der Waals surface area contributed by atoms with E-state index in [1.165, 1.54) is 38.5 Å². The minimum Gasteiger partial charge on any atom is -0.449 e. The van der Waals surface area contributed by atoms with E-state index < -0.39 is 5.79 Å². The molecule has 0 bridgehead atoms. The minimum absolute atomic E-state index is 0.539. The summed E-state index contributed by atoms with van der Waals surface area (Å²) in [5.41, 5.74) is 1.13. The van der Waals surface area contributed by atoms with Gasteiger partial charge in [-0.05, 0) is 24.5 Å². The van der Waals surface area contributed by atoms with Gasteiger partial charge in [-0.25, -0.2) is 0 Å². The number of rotatable bonds is 4. The number of ether oxygens (including phenoxy) is 2. The molecule has 1 aromatic rings. The molecule has 0 aromatic heterocycles. The molecule has 3 nitrogen and oxygen atoms in total. The minimum atomic E-state index is -0.539. The molecule has 3 heteroatoms. The smallest absolute Gasteiger partial charge is 0.246 e. The summed E-state index contributed by atoms with van der Waals surface area (Å²) in [6.07, 6.45) is 8.38. The summed E-state index contributed by atoms with van der Waals surface area (Å²) in [4.78, 5) is 0. The summed E-state index contributed by atoms with van der Waals surface area (Å²) in [6.45, 7) is 4.92. The Hall–Kier alpha value is -1.38. The SMILES string of the molecule is CC1(C)Oc2ccc(NCCC3CCCCC3)cc2O1. The zero-order valence-corrected chi connectivity index (χ0v) is 12.6. The molecule has 1 aliphatic carbocycles. The molecule has 1 aliphatic heterocycles. The monoisotopic (exact) mass is 275 g/mol. The van der Waals surface area contributed by atoms with Crippen LogP contribution < -0.4 is 14.8 Å². The molecule has 1 aromatic carbocycles. The van der Waals surface area contributed by atoms with Gasteiger partial charge < -0.3 is 14.8 Å². The predicted molar refractivity (Wildman–Crippen MR) is 81.5 cm³/mol. The van der Waals surface area contributed by atoms with Crippen LogP contribution in [0.5, 0.6) is 11.5 Å². The number of benzene rings is 1. The van der Waals surface area contributed by atoms with Crippen molar-refractivity contribution in [1.82, 2.24) is 0 Å². The number of hydrogen-bond acceptors (Lipinski definition) is 3. The number of fused-ring (bicyclic) bond motifs is 1. The largest absolute Gasteiger partial charge is 0.449 e. The number of hydrogen-bond donors (Lipinski definition) is 1. The van der Waals surface area contributed by atoms with Crippen molar-refractivity contribution >= 4 is 5.69 Å². The molecule has 1 heterocycles. The highest BCUT2D eigenvalue weighted by molar-refractivity contribution is 5.56. The van der Waals surface area contributed by atoms with Gasteiger partial charge in [0.15, 0.2) is 11.5 Å². The van der Waals surface area contributed by atoms with Crippen LogP contribution in [-0.4, -0.2) is 12.3 Å². The zero-order chi connectivity index (χ0) is 14.0. The maximum Gasteiger partial charge on any atom is 0.246 e. The maximum absolute atomic E-state index is 5.77. The van der Waals surface area contributed by atoms with E-state index in [1.54, 1.807) is 0 Å². The molecule has 20 heavy (non-hydrogen) atoms. The second-order valence-electron chi connectivity index (χ2n) is 6.48. The summed E-state index contributed by atoms with van der Waals surface area (Å²) in [5, 5.41) is 3.51. The summed E-state index contributed by atoms with van der Waals surface area (Å²) in [6, 6.07) is 6.11. The normalized spacial score (nSPS) is 20.9. The molecule has 0 unspecified atom stereocenters. The Labute approximate surface area is 121 Å². The van der Waals surface area contributed by atoms with E-state index in [1.807, 2.05) is 26.0 Å². The predicted octanol–water partition coefficient (Wildman–Crippen LogP) is 4.58. The molecule has 0 spiro atoms. The van der Waals surface area contributed by atoms with E-state index >= 15 is 0 Å². The Morgan fingerprint density at radius 3 is 2.65 bits per heavy atom. The first-order valence-electron chi connectivity index (χ1n) is 7.88. The average molecular weight is 275 g/mol. The van der Waals surface area contributed by atoms with Crippen LogP contribution in [0, 0.1) is 5.92 Å². The third-order valence-corrected chi connectivity index (χ3v) is 4.26. The van der Waals surface area contributed by atoms with Crippen LogP contribution in [0.3, 0.4) is 0 Å². The number of anilines is 1. The molecule has 1 fully saturated rings. The van der Waals surface area contributed by atoms with Gasteiger partial charge in [-0.3, -0.25) is 0 Å². The van der Waals surface area contributed by atoms with Crippen LogP contribution in [0.15, 0.2) is 18.2 Å². The van der Waals surface area contributed by atoms with Gasteiger partial charge in [-0.1, -0.05) is 32.1 Å². The molecule has 3 rings (SSSR count). The highest BCUT2D eigenvalue weighted by atomic mass is 16.7. The van der Waals surface area contributed by atoms with E-state index in [-0.39, 0.29) is 0 Å². The summed E-state index contributed by atoms with van der Waals surface area (Å²) >= 11 is 0.